The fourth-order valence-electron chi connectivity index (χ4n) is 6.78. The van der Waals surface area contributed by atoms with Crippen LogP contribution in [-0.4, -0.2) is 75.0 Å². The molecule has 7 N–H and O–H groups in total. The third-order valence-corrected chi connectivity index (χ3v) is 9.27. The molecular weight excluding hydrogens is 632 g/mol. The van der Waals surface area contributed by atoms with Gasteiger partial charge in [0, 0.05) is 54.2 Å². The minimum atomic E-state index is -2.02. The Hall–Kier alpha value is -4.04. The van der Waals surface area contributed by atoms with E-state index in [-0.39, 0.29) is 53.3 Å². The number of nitrogens with one attached hydrogen (secondary N) is 1. The summed E-state index contributed by atoms with van der Waals surface area (Å²) in [4.78, 5) is 40.2. The second-order valence-corrected chi connectivity index (χ2v) is 12.2. The van der Waals surface area contributed by atoms with Crippen molar-refractivity contribution in [3.05, 3.63) is 81.4 Å². The van der Waals surface area contributed by atoms with Crippen molar-refractivity contribution in [1.29, 1.82) is 0 Å². The lowest BCUT2D eigenvalue weighted by Gasteiger charge is -2.43. The van der Waals surface area contributed by atoms with Crippen LogP contribution in [0.5, 0.6) is 17.2 Å². The number of hydrogen-bond acceptors (Lipinski definition) is 12. The number of benzene rings is 3. The van der Waals surface area contributed by atoms with Gasteiger partial charge < -0.3 is 45.7 Å². The smallest absolute Gasteiger partial charge is 0.202 e. The van der Waals surface area contributed by atoms with E-state index >= 15 is 0 Å². The molecule has 0 amide bonds. The van der Waals surface area contributed by atoms with E-state index in [1.165, 1.54) is 32.2 Å². The van der Waals surface area contributed by atoms with Gasteiger partial charge in [0.25, 0.3) is 0 Å². The lowest BCUT2D eigenvalue weighted by atomic mass is 9.72. The van der Waals surface area contributed by atoms with Crippen molar-refractivity contribution in [2.45, 2.75) is 75.9 Å². The number of aliphatic hydroxyl groups excluding tert-OH is 1. The summed E-state index contributed by atoms with van der Waals surface area (Å²) in [6, 6.07) is 11.3. The van der Waals surface area contributed by atoms with Crippen LogP contribution in [0.15, 0.2) is 42.5 Å². The molecule has 0 aromatic heterocycles. The second-order valence-electron chi connectivity index (χ2n) is 12.2. The number of carbonyl (C=O) groups excluding carboxylic acids is 3. The molecule has 3 aromatic rings. The van der Waals surface area contributed by atoms with Crippen LogP contribution in [0.1, 0.15) is 81.3 Å². The van der Waals surface area contributed by atoms with Gasteiger partial charge in [-0.25, -0.2) is 0 Å². The van der Waals surface area contributed by atoms with E-state index in [0.29, 0.717) is 12.2 Å². The van der Waals surface area contributed by atoms with Crippen molar-refractivity contribution in [2.24, 2.45) is 0 Å². The highest BCUT2D eigenvalue weighted by Gasteiger charge is 2.49. The van der Waals surface area contributed by atoms with Crippen molar-refractivity contribution >= 4 is 35.4 Å². The number of anilines is 1. The molecule has 250 valence electrons. The third-order valence-electron chi connectivity index (χ3n) is 9.27. The monoisotopic (exact) mass is 668 g/mol. The number of ether oxygens (including phenoxy) is 3. The van der Waals surface area contributed by atoms with Crippen molar-refractivity contribution in [2.75, 3.05) is 12.8 Å². The molecule has 3 aromatic carbocycles. The van der Waals surface area contributed by atoms with Crippen LogP contribution in [-0.2, 0) is 27.2 Å². The van der Waals surface area contributed by atoms with Crippen LogP contribution >= 0.6 is 12.4 Å². The van der Waals surface area contributed by atoms with E-state index in [1.807, 2.05) is 18.2 Å². The third kappa shape index (κ3) is 5.86. The molecule has 6 atom stereocenters. The zero-order valence-corrected chi connectivity index (χ0v) is 26.8. The van der Waals surface area contributed by atoms with Gasteiger partial charge in [-0.3, -0.25) is 14.4 Å². The minimum Gasteiger partial charge on any atom is -0.507 e. The van der Waals surface area contributed by atoms with Crippen LogP contribution in [0.3, 0.4) is 0 Å². The number of methoxy groups -OCH3 is 1. The molecule has 1 saturated heterocycles. The molecule has 0 saturated carbocycles. The average Bonchev–Trinajstić information content (AvgIpc) is 3.01. The first-order valence-electron chi connectivity index (χ1n) is 15.0. The van der Waals surface area contributed by atoms with Crippen molar-refractivity contribution < 1.29 is 49.0 Å². The van der Waals surface area contributed by atoms with Crippen LogP contribution in [0.2, 0.25) is 0 Å². The molecule has 3 aliphatic rings. The molecule has 0 spiro atoms. The summed E-state index contributed by atoms with van der Waals surface area (Å²) < 4.78 is 17.6. The van der Waals surface area contributed by atoms with E-state index in [2.05, 4.69) is 5.32 Å². The Morgan fingerprint density at radius 2 is 1.79 bits per heavy atom. The molecule has 1 fully saturated rings. The van der Waals surface area contributed by atoms with Gasteiger partial charge in [-0.05, 0) is 37.6 Å². The summed E-state index contributed by atoms with van der Waals surface area (Å²) in [5.74, 6) is -3.18. The van der Waals surface area contributed by atoms with Crippen LogP contribution in [0.4, 0.5) is 5.69 Å². The number of nitrogens with two attached hydrogens (primary N) is 1. The molecule has 0 bridgehead atoms. The highest BCUT2D eigenvalue weighted by atomic mass is 35.5. The lowest BCUT2D eigenvalue weighted by molar-refractivity contribution is -0.249. The van der Waals surface area contributed by atoms with E-state index < -0.39 is 82.6 Å². The van der Waals surface area contributed by atoms with Crippen molar-refractivity contribution in [3.63, 3.8) is 0 Å². The number of aliphatic hydroxyl groups is 2. The summed E-state index contributed by atoms with van der Waals surface area (Å²) in [5, 5.41) is 48.9. The number of nitrogen functional groups attached to an aromatic ring is 1. The Bertz CT molecular complexity index is 1760. The van der Waals surface area contributed by atoms with Crippen molar-refractivity contribution in [3.8, 4) is 17.2 Å². The average molecular weight is 669 g/mol. The number of phenolic OH excluding ortho intramolecular Hbond substituents is 2. The second kappa shape index (κ2) is 12.9. The maximum atomic E-state index is 13.8. The number of ketones is 3. The number of aromatic hydroxyl groups is 2. The predicted octanol–water partition coefficient (Wildman–Crippen LogP) is 2.86. The fraction of sp³-hybridized carbons (Fsp3) is 0.382. The Morgan fingerprint density at radius 3 is 2.47 bits per heavy atom. The van der Waals surface area contributed by atoms with E-state index in [9.17, 15) is 34.8 Å². The number of phenols is 2. The minimum absolute atomic E-state index is 0. The predicted molar refractivity (Wildman–Crippen MR) is 171 cm³/mol. The van der Waals surface area contributed by atoms with Gasteiger partial charge in [-0.1, -0.05) is 24.3 Å². The normalized spacial score (nSPS) is 26.4. The van der Waals surface area contributed by atoms with E-state index in [4.69, 9.17) is 19.9 Å². The van der Waals surface area contributed by atoms with Crippen LogP contribution in [0.25, 0.3) is 0 Å². The zero-order chi connectivity index (χ0) is 33.1. The highest BCUT2D eigenvalue weighted by Crippen LogP contribution is 2.52. The van der Waals surface area contributed by atoms with Crippen LogP contribution in [0, 0.1) is 0 Å². The maximum Gasteiger partial charge on any atom is 0.202 e. The summed E-state index contributed by atoms with van der Waals surface area (Å²) >= 11 is 0. The van der Waals surface area contributed by atoms with Crippen LogP contribution < -0.4 is 15.8 Å². The number of fused-ring (bicyclic) bond motifs is 3. The summed E-state index contributed by atoms with van der Waals surface area (Å²) in [6.45, 7) is 3.26. The lowest BCUT2D eigenvalue weighted by Crippen LogP contribution is -2.54. The number of carbonyl (C=O) groups is 3. The summed E-state index contributed by atoms with van der Waals surface area (Å²) in [6.07, 6.45) is -4.48. The first kappa shape index (κ1) is 34.3. The molecule has 6 rings (SSSR count). The van der Waals surface area contributed by atoms with E-state index in [0.717, 1.165) is 5.56 Å². The molecule has 13 heteroatoms. The number of halogens is 1. The van der Waals surface area contributed by atoms with Gasteiger partial charge in [0.05, 0.1) is 42.1 Å². The first-order chi connectivity index (χ1) is 21.8. The van der Waals surface area contributed by atoms with Gasteiger partial charge in [-0.2, -0.15) is 0 Å². The molecular formula is C34H37ClN2O10. The number of rotatable bonds is 7. The standard InChI is InChI=1S/C34H36N2O10.ClH/c1-15-29(38)21(36-14-17-6-4-7-18(35)10-17)11-24(45-15)46-23-13-34(43,16(2)37)12-20-26(23)33(42)28-27(31(20)40)30(39)19-8-5-9-22(44-3)25(19)32(28)41;/h4-10,15,21,23-24,29,36,38,40,42-43H,11-14,35H2,1-3H3;1H/t15-,21-,23-,24-,29+,34-;/m0./s1. The molecule has 0 unspecified atom stereocenters. The van der Waals surface area contributed by atoms with Gasteiger partial charge >= 0.3 is 0 Å². The molecule has 2 aliphatic carbocycles. The number of hydrogen-bond donors (Lipinski definition) is 6. The summed E-state index contributed by atoms with van der Waals surface area (Å²) in [7, 11) is 1.35. The Morgan fingerprint density at radius 1 is 1.09 bits per heavy atom. The molecule has 47 heavy (non-hydrogen) atoms. The molecule has 0 radical (unpaired) electrons. The van der Waals surface area contributed by atoms with Gasteiger partial charge in [0.15, 0.2) is 17.9 Å². The van der Waals surface area contributed by atoms with Gasteiger partial charge in [0.1, 0.15) is 22.8 Å². The van der Waals surface area contributed by atoms with Gasteiger partial charge in [0.2, 0.25) is 5.78 Å². The molecule has 1 heterocycles. The SMILES string of the molecule is COc1cccc2c1C(=O)c1c(O)c3c(c(O)c1C2=O)C[C@@](O)(C(C)=O)C[C@@H]3O[C@H]1C[C@H](NCc2cccc(N)c2)[C@H](O)[C@H](C)O1.Cl. The van der Waals surface area contributed by atoms with Crippen molar-refractivity contribution in [1.82, 2.24) is 5.32 Å². The fourth-order valence-corrected chi connectivity index (χ4v) is 6.78. The Labute approximate surface area is 276 Å². The summed E-state index contributed by atoms with van der Waals surface area (Å²) in [5.41, 5.74) is 4.34. The number of Topliss-reactive ketones (excluding diaryl/α,β-unsaturated/α-hetero) is 1. The van der Waals surface area contributed by atoms with Gasteiger partial charge in [-0.15, -0.1) is 12.4 Å². The zero-order valence-electron chi connectivity index (χ0n) is 26.0. The largest absolute Gasteiger partial charge is 0.507 e. The first-order valence-corrected chi connectivity index (χ1v) is 15.0. The molecule has 1 aliphatic heterocycles. The molecule has 12 nitrogen and oxygen atoms in total. The Balaban J connectivity index is 0.00000433. The quantitative estimate of drug-likeness (QED) is 0.125. The van der Waals surface area contributed by atoms with E-state index in [1.54, 1.807) is 13.0 Å². The highest BCUT2D eigenvalue weighted by molar-refractivity contribution is 6.31. The topological polar surface area (TPSA) is 198 Å². The Kier molecular flexibility index (Phi) is 9.39. The maximum absolute atomic E-state index is 13.8.